The summed E-state index contributed by atoms with van der Waals surface area (Å²) in [7, 11) is 4.09. The molecule has 1 aliphatic rings. The molecule has 0 N–H and O–H groups in total. The average molecular weight is 293 g/mol. The first-order valence-corrected chi connectivity index (χ1v) is 8.23. The van der Waals surface area contributed by atoms with Gasteiger partial charge in [0.2, 0.25) is 5.91 Å². The number of piperidine rings is 1. The lowest BCUT2D eigenvalue weighted by Crippen LogP contribution is -2.45. The third kappa shape index (κ3) is 4.49. The Bertz CT molecular complexity index is 418. The van der Waals surface area contributed by atoms with Gasteiger partial charge in [0.25, 0.3) is 0 Å². The molecule has 1 aliphatic heterocycles. The number of amides is 1. The molecule has 0 radical (unpaired) electrons. The Balaban J connectivity index is 1.71. The highest BCUT2D eigenvalue weighted by Gasteiger charge is 2.23. The van der Waals surface area contributed by atoms with E-state index in [-0.39, 0.29) is 5.91 Å². The predicted molar refractivity (Wildman–Crippen MR) is 83.7 cm³/mol. The van der Waals surface area contributed by atoms with Gasteiger partial charge >= 0.3 is 0 Å². The van der Waals surface area contributed by atoms with Crippen LogP contribution in [0.25, 0.3) is 0 Å². The summed E-state index contributed by atoms with van der Waals surface area (Å²) in [4.78, 5) is 20.5. The van der Waals surface area contributed by atoms with E-state index < -0.39 is 0 Å². The molecule has 0 saturated carbocycles. The topological polar surface area (TPSA) is 36.4 Å². The van der Waals surface area contributed by atoms with E-state index in [1.165, 1.54) is 5.56 Å². The van der Waals surface area contributed by atoms with Crippen molar-refractivity contribution >= 4 is 17.7 Å². The molecule has 1 saturated heterocycles. The molecule has 1 aromatic rings. The Morgan fingerprint density at radius 2 is 2.25 bits per heavy atom. The first kappa shape index (κ1) is 15.3. The standard InChI is InChI=1S/C15H23N3OS/c1-17-8-5-14(6-9-17)18(2)15(19)12-20-11-13-4-3-7-16-10-13/h3-4,7,10,14H,5-6,8-9,11-12H2,1-2H3. The lowest BCUT2D eigenvalue weighted by atomic mass is 10.0. The van der Waals surface area contributed by atoms with Gasteiger partial charge in [-0.25, -0.2) is 0 Å². The van der Waals surface area contributed by atoms with Crippen LogP contribution in [0, 0.1) is 0 Å². The first-order chi connectivity index (χ1) is 9.66. The summed E-state index contributed by atoms with van der Waals surface area (Å²) in [5.41, 5.74) is 1.17. The Kier molecular flexibility index (Phi) is 5.86. The van der Waals surface area contributed by atoms with E-state index in [1.807, 2.05) is 30.3 Å². The minimum Gasteiger partial charge on any atom is -0.342 e. The van der Waals surface area contributed by atoms with Gasteiger partial charge in [0.1, 0.15) is 0 Å². The van der Waals surface area contributed by atoms with Crippen molar-refractivity contribution in [1.29, 1.82) is 0 Å². The van der Waals surface area contributed by atoms with Crippen LogP contribution >= 0.6 is 11.8 Å². The quantitative estimate of drug-likeness (QED) is 0.830. The summed E-state index contributed by atoms with van der Waals surface area (Å²) in [6.07, 6.45) is 5.81. The lowest BCUT2D eigenvalue weighted by molar-refractivity contribution is -0.129. The van der Waals surface area contributed by atoms with Crippen molar-refractivity contribution in [3.63, 3.8) is 0 Å². The van der Waals surface area contributed by atoms with Gasteiger partial charge in [-0.2, -0.15) is 0 Å². The number of thioether (sulfide) groups is 1. The molecule has 0 aromatic carbocycles. The van der Waals surface area contributed by atoms with Crippen LogP contribution in [0.5, 0.6) is 0 Å². The van der Waals surface area contributed by atoms with Crippen molar-refractivity contribution in [2.45, 2.75) is 24.6 Å². The van der Waals surface area contributed by atoms with Crippen molar-refractivity contribution in [2.75, 3.05) is 32.9 Å². The maximum Gasteiger partial charge on any atom is 0.232 e. The molecule has 1 fully saturated rings. The van der Waals surface area contributed by atoms with Gasteiger partial charge in [-0.05, 0) is 44.6 Å². The van der Waals surface area contributed by atoms with Crippen LogP contribution in [0.1, 0.15) is 18.4 Å². The van der Waals surface area contributed by atoms with Crippen LogP contribution in [-0.4, -0.2) is 59.7 Å². The van der Waals surface area contributed by atoms with Gasteiger partial charge in [0.15, 0.2) is 0 Å². The predicted octanol–water partition coefficient (Wildman–Crippen LogP) is 1.87. The molecule has 4 nitrogen and oxygen atoms in total. The van der Waals surface area contributed by atoms with Crippen LogP contribution in [0.4, 0.5) is 0 Å². The van der Waals surface area contributed by atoms with E-state index in [2.05, 4.69) is 16.9 Å². The zero-order valence-corrected chi connectivity index (χ0v) is 13.1. The molecule has 1 aromatic heterocycles. The van der Waals surface area contributed by atoms with Crippen LogP contribution in [0.2, 0.25) is 0 Å². The largest absolute Gasteiger partial charge is 0.342 e. The molecule has 2 rings (SSSR count). The minimum atomic E-state index is 0.244. The number of hydrogen-bond acceptors (Lipinski definition) is 4. The fraction of sp³-hybridized carbons (Fsp3) is 0.600. The fourth-order valence-electron chi connectivity index (χ4n) is 2.43. The normalized spacial score (nSPS) is 17.1. The maximum absolute atomic E-state index is 12.2. The first-order valence-electron chi connectivity index (χ1n) is 7.07. The number of hydrogen-bond donors (Lipinski definition) is 0. The molecule has 0 aliphatic carbocycles. The fourth-order valence-corrected chi connectivity index (χ4v) is 3.31. The molecule has 2 heterocycles. The van der Waals surface area contributed by atoms with Crippen LogP contribution in [0.15, 0.2) is 24.5 Å². The Labute approximate surface area is 125 Å². The summed E-state index contributed by atoms with van der Waals surface area (Å²) in [6.45, 7) is 2.18. The smallest absolute Gasteiger partial charge is 0.232 e. The number of aromatic nitrogens is 1. The maximum atomic E-state index is 12.2. The second-order valence-corrected chi connectivity index (χ2v) is 6.38. The van der Waals surface area contributed by atoms with Gasteiger partial charge in [-0.15, -0.1) is 11.8 Å². The van der Waals surface area contributed by atoms with E-state index in [0.717, 1.165) is 31.7 Å². The van der Waals surface area contributed by atoms with Gasteiger partial charge in [-0.3, -0.25) is 9.78 Å². The average Bonchev–Trinajstić information content (AvgIpc) is 2.48. The number of rotatable bonds is 5. The third-order valence-electron chi connectivity index (χ3n) is 3.85. The lowest BCUT2D eigenvalue weighted by Gasteiger charge is -2.35. The van der Waals surface area contributed by atoms with Gasteiger partial charge in [0.05, 0.1) is 5.75 Å². The third-order valence-corrected chi connectivity index (χ3v) is 4.83. The highest BCUT2D eigenvalue weighted by Crippen LogP contribution is 2.17. The van der Waals surface area contributed by atoms with Gasteiger partial charge < -0.3 is 9.80 Å². The SMILES string of the molecule is CN1CCC(N(C)C(=O)CSCc2cccnc2)CC1. The molecule has 0 unspecified atom stereocenters. The molecule has 0 spiro atoms. The van der Waals surface area contributed by atoms with E-state index in [4.69, 9.17) is 0 Å². The minimum absolute atomic E-state index is 0.244. The van der Waals surface area contributed by atoms with Crippen LogP contribution in [-0.2, 0) is 10.5 Å². The summed E-state index contributed by atoms with van der Waals surface area (Å²) in [6, 6.07) is 4.39. The molecule has 0 bridgehead atoms. The number of carbonyl (C=O) groups is 1. The number of pyridine rings is 1. The summed E-state index contributed by atoms with van der Waals surface area (Å²) < 4.78 is 0. The number of carbonyl (C=O) groups excluding carboxylic acids is 1. The van der Waals surface area contributed by atoms with Crippen molar-refractivity contribution in [3.8, 4) is 0 Å². The summed E-state index contributed by atoms with van der Waals surface area (Å²) >= 11 is 1.67. The molecule has 20 heavy (non-hydrogen) atoms. The Morgan fingerprint density at radius 3 is 2.90 bits per heavy atom. The highest BCUT2D eigenvalue weighted by atomic mass is 32.2. The van der Waals surface area contributed by atoms with E-state index >= 15 is 0 Å². The molecule has 5 heteroatoms. The van der Waals surface area contributed by atoms with Crippen molar-refractivity contribution in [1.82, 2.24) is 14.8 Å². The highest BCUT2D eigenvalue weighted by molar-refractivity contribution is 7.99. The summed E-state index contributed by atoms with van der Waals surface area (Å²) in [5, 5.41) is 0. The van der Waals surface area contributed by atoms with Crippen molar-refractivity contribution < 1.29 is 4.79 Å². The Hall–Kier alpha value is -1.07. The van der Waals surface area contributed by atoms with E-state index in [0.29, 0.717) is 11.8 Å². The number of nitrogens with zero attached hydrogens (tertiary/aromatic N) is 3. The van der Waals surface area contributed by atoms with Crippen molar-refractivity contribution in [3.05, 3.63) is 30.1 Å². The monoisotopic (exact) mass is 293 g/mol. The van der Waals surface area contributed by atoms with Crippen LogP contribution in [0.3, 0.4) is 0 Å². The zero-order chi connectivity index (χ0) is 14.4. The van der Waals surface area contributed by atoms with E-state index in [9.17, 15) is 4.79 Å². The van der Waals surface area contributed by atoms with Crippen LogP contribution < -0.4 is 0 Å². The zero-order valence-electron chi connectivity index (χ0n) is 12.3. The molecular formula is C15H23N3OS. The van der Waals surface area contributed by atoms with Crippen molar-refractivity contribution in [2.24, 2.45) is 0 Å². The molecule has 110 valence electrons. The second kappa shape index (κ2) is 7.64. The second-order valence-electron chi connectivity index (χ2n) is 5.39. The molecule has 1 amide bonds. The van der Waals surface area contributed by atoms with Gasteiger partial charge in [0, 0.05) is 31.2 Å². The summed E-state index contributed by atoms with van der Waals surface area (Å²) in [5.74, 6) is 1.65. The van der Waals surface area contributed by atoms with E-state index in [1.54, 1.807) is 18.0 Å². The Morgan fingerprint density at radius 1 is 1.50 bits per heavy atom. The molecular weight excluding hydrogens is 270 g/mol. The number of likely N-dealkylation sites (tertiary alicyclic amines) is 1. The van der Waals surface area contributed by atoms with Gasteiger partial charge in [-0.1, -0.05) is 6.07 Å². The molecule has 0 atom stereocenters.